The number of thiazole rings is 2. The van der Waals surface area contributed by atoms with Crippen LogP contribution in [0.15, 0.2) is 29.6 Å². The normalized spacial score (nSPS) is 10.7. The standard InChI is InChI=1S/C19H21N3O2S2/c1-4-16(23)22-19-20-12(3)18(26-19)14-11-25-17(21-14)10-13-8-6-7-9-15(13)24-5-2/h6-9,11H,4-5,10H2,1-3H3,(H,20,22,23). The molecule has 0 saturated carbocycles. The summed E-state index contributed by atoms with van der Waals surface area (Å²) in [6, 6.07) is 8.06. The molecule has 0 aliphatic rings. The van der Waals surface area contributed by atoms with E-state index in [1.165, 1.54) is 11.3 Å². The molecule has 0 radical (unpaired) electrons. The molecule has 0 spiro atoms. The smallest absolute Gasteiger partial charge is 0.225 e. The third-order valence-corrected chi connectivity index (χ3v) is 5.71. The van der Waals surface area contributed by atoms with Crippen LogP contribution in [0.5, 0.6) is 5.75 Å². The fraction of sp³-hybridized carbons (Fsp3) is 0.316. The lowest BCUT2D eigenvalue weighted by molar-refractivity contribution is -0.115. The molecule has 0 fully saturated rings. The zero-order valence-electron chi connectivity index (χ0n) is 15.0. The molecule has 7 heteroatoms. The highest BCUT2D eigenvalue weighted by Crippen LogP contribution is 2.34. The van der Waals surface area contributed by atoms with Gasteiger partial charge in [0, 0.05) is 23.8 Å². The van der Waals surface area contributed by atoms with Gasteiger partial charge in [0.1, 0.15) is 5.75 Å². The second kappa shape index (κ2) is 8.42. The van der Waals surface area contributed by atoms with E-state index in [0.29, 0.717) is 18.2 Å². The summed E-state index contributed by atoms with van der Waals surface area (Å²) >= 11 is 3.09. The number of nitrogens with one attached hydrogen (secondary N) is 1. The van der Waals surface area contributed by atoms with Gasteiger partial charge in [-0.25, -0.2) is 9.97 Å². The van der Waals surface area contributed by atoms with Crippen LogP contribution in [0, 0.1) is 6.92 Å². The summed E-state index contributed by atoms with van der Waals surface area (Å²) in [4.78, 5) is 21.8. The third-order valence-electron chi connectivity index (χ3n) is 3.76. The number of hydrogen-bond donors (Lipinski definition) is 1. The van der Waals surface area contributed by atoms with Gasteiger partial charge in [-0.15, -0.1) is 11.3 Å². The molecule has 0 saturated heterocycles. The van der Waals surface area contributed by atoms with Crippen LogP contribution in [-0.4, -0.2) is 22.5 Å². The number of anilines is 1. The van der Waals surface area contributed by atoms with Crippen molar-refractivity contribution in [3.05, 3.63) is 45.9 Å². The van der Waals surface area contributed by atoms with E-state index in [4.69, 9.17) is 9.72 Å². The van der Waals surface area contributed by atoms with Crippen LogP contribution < -0.4 is 10.1 Å². The molecular formula is C19H21N3O2S2. The van der Waals surface area contributed by atoms with Gasteiger partial charge in [-0.3, -0.25) is 4.79 Å². The van der Waals surface area contributed by atoms with Crippen molar-refractivity contribution in [3.8, 4) is 16.3 Å². The minimum Gasteiger partial charge on any atom is -0.494 e. The summed E-state index contributed by atoms with van der Waals surface area (Å²) in [5.74, 6) is 0.877. The van der Waals surface area contributed by atoms with Crippen molar-refractivity contribution in [1.82, 2.24) is 9.97 Å². The van der Waals surface area contributed by atoms with Gasteiger partial charge in [-0.05, 0) is 19.9 Å². The average molecular weight is 388 g/mol. The third kappa shape index (κ3) is 4.28. The van der Waals surface area contributed by atoms with Crippen molar-refractivity contribution in [2.45, 2.75) is 33.6 Å². The molecule has 0 unspecified atom stereocenters. The van der Waals surface area contributed by atoms with E-state index in [1.807, 2.05) is 44.4 Å². The highest BCUT2D eigenvalue weighted by Gasteiger charge is 2.15. The number of rotatable bonds is 7. The van der Waals surface area contributed by atoms with E-state index in [2.05, 4.69) is 16.4 Å². The van der Waals surface area contributed by atoms with Crippen LogP contribution in [0.2, 0.25) is 0 Å². The van der Waals surface area contributed by atoms with Crippen LogP contribution in [0.3, 0.4) is 0 Å². The molecule has 1 amide bonds. The summed E-state index contributed by atoms with van der Waals surface area (Å²) < 4.78 is 5.70. The molecule has 2 heterocycles. The molecule has 0 bridgehead atoms. The van der Waals surface area contributed by atoms with E-state index >= 15 is 0 Å². The first-order valence-corrected chi connectivity index (χ1v) is 10.2. The minimum absolute atomic E-state index is 0.0307. The zero-order valence-corrected chi connectivity index (χ0v) is 16.7. The summed E-state index contributed by atoms with van der Waals surface area (Å²) in [7, 11) is 0. The first kappa shape index (κ1) is 18.5. The molecule has 0 aliphatic heterocycles. The number of nitrogens with zero attached hydrogens (tertiary/aromatic N) is 2. The molecular weight excluding hydrogens is 366 g/mol. The Kier molecular flexibility index (Phi) is 6.00. The van der Waals surface area contributed by atoms with E-state index in [0.717, 1.165) is 39.0 Å². The Morgan fingerprint density at radius 2 is 2.04 bits per heavy atom. The number of aromatic nitrogens is 2. The second-order valence-corrected chi connectivity index (χ2v) is 7.62. The number of benzene rings is 1. The second-order valence-electron chi connectivity index (χ2n) is 5.68. The Balaban J connectivity index is 1.79. The Labute approximate surface area is 161 Å². The van der Waals surface area contributed by atoms with Crippen LogP contribution in [0.25, 0.3) is 10.6 Å². The van der Waals surface area contributed by atoms with Crippen molar-refractivity contribution in [3.63, 3.8) is 0 Å². The summed E-state index contributed by atoms with van der Waals surface area (Å²) in [6.45, 7) is 6.40. The number of amides is 1. The first-order valence-electron chi connectivity index (χ1n) is 8.53. The van der Waals surface area contributed by atoms with Gasteiger partial charge in [0.25, 0.3) is 0 Å². The van der Waals surface area contributed by atoms with Gasteiger partial charge in [0.05, 0.1) is 27.9 Å². The van der Waals surface area contributed by atoms with Crippen molar-refractivity contribution in [2.24, 2.45) is 0 Å². The predicted molar refractivity (Wildman–Crippen MR) is 107 cm³/mol. The SMILES string of the molecule is CCOc1ccccc1Cc1nc(-c2sc(NC(=O)CC)nc2C)cs1. The maximum atomic E-state index is 11.6. The van der Waals surface area contributed by atoms with Gasteiger partial charge in [0.15, 0.2) is 5.13 Å². The maximum Gasteiger partial charge on any atom is 0.225 e. The molecule has 26 heavy (non-hydrogen) atoms. The monoisotopic (exact) mass is 387 g/mol. The Morgan fingerprint density at radius 3 is 2.81 bits per heavy atom. The highest BCUT2D eigenvalue weighted by molar-refractivity contribution is 7.19. The Morgan fingerprint density at radius 1 is 1.23 bits per heavy atom. The first-order chi connectivity index (χ1) is 12.6. The Hall–Kier alpha value is -2.25. The topological polar surface area (TPSA) is 64.1 Å². The highest BCUT2D eigenvalue weighted by atomic mass is 32.1. The number of carbonyl (C=O) groups is 1. The van der Waals surface area contributed by atoms with E-state index in [1.54, 1.807) is 11.3 Å². The number of hydrogen-bond acceptors (Lipinski definition) is 6. The molecule has 5 nitrogen and oxygen atoms in total. The lowest BCUT2D eigenvalue weighted by Crippen LogP contribution is -2.08. The molecule has 136 valence electrons. The fourth-order valence-corrected chi connectivity index (χ4v) is 4.33. The molecule has 3 rings (SSSR count). The van der Waals surface area contributed by atoms with Gasteiger partial charge in [-0.2, -0.15) is 0 Å². The number of aryl methyl sites for hydroxylation is 1. The predicted octanol–water partition coefficient (Wildman–Crippen LogP) is 4.91. The number of para-hydroxylation sites is 1. The van der Waals surface area contributed by atoms with Crippen molar-refractivity contribution in [2.75, 3.05) is 11.9 Å². The van der Waals surface area contributed by atoms with Crippen molar-refractivity contribution >= 4 is 33.7 Å². The summed E-state index contributed by atoms with van der Waals surface area (Å²) in [5, 5.41) is 6.52. The van der Waals surface area contributed by atoms with Crippen LogP contribution in [0.4, 0.5) is 5.13 Å². The summed E-state index contributed by atoms with van der Waals surface area (Å²) in [6.07, 6.45) is 1.17. The average Bonchev–Trinajstić information content (AvgIpc) is 3.23. The minimum atomic E-state index is -0.0307. The zero-order chi connectivity index (χ0) is 18.5. The number of ether oxygens (including phenoxy) is 1. The maximum absolute atomic E-state index is 11.6. The quantitative estimate of drug-likeness (QED) is 0.625. The van der Waals surface area contributed by atoms with E-state index < -0.39 is 0 Å². The van der Waals surface area contributed by atoms with Gasteiger partial charge >= 0.3 is 0 Å². The van der Waals surface area contributed by atoms with Crippen LogP contribution in [0.1, 0.15) is 36.5 Å². The molecule has 0 aliphatic carbocycles. The lowest BCUT2D eigenvalue weighted by Gasteiger charge is -2.08. The van der Waals surface area contributed by atoms with Crippen LogP contribution >= 0.6 is 22.7 Å². The van der Waals surface area contributed by atoms with Crippen molar-refractivity contribution < 1.29 is 9.53 Å². The van der Waals surface area contributed by atoms with Crippen molar-refractivity contribution in [1.29, 1.82) is 0 Å². The summed E-state index contributed by atoms with van der Waals surface area (Å²) in [5.41, 5.74) is 2.92. The Bertz CT molecular complexity index is 902. The van der Waals surface area contributed by atoms with E-state index in [-0.39, 0.29) is 5.91 Å². The number of carbonyl (C=O) groups excluding carboxylic acids is 1. The fourth-order valence-electron chi connectivity index (χ4n) is 2.50. The molecule has 0 atom stereocenters. The van der Waals surface area contributed by atoms with Gasteiger partial charge in [0.2, 0.25) is 5.91 Å². The molecule has 1 aromatic carbocycles. The van der Waals surface area contributed by atoms with E-state index in [9.17, 15) is 4.79 Å². The molecule has 3 aromatic rings. The molecule has 2 aromatic heterocycles. The van der Waals surface area contributed by atoms with Crippen LogP contribution in [-0.2, 0) is 11.2 Å². The van der Waals surface area contributed by atoms with Gasteiger partial charge < -0.3 is 10.1 Å². The van der Waals surface area contributed by atoms with Gasteiger partial charge in [-0.1, -0.05) is 36.5 Å². The molecule has 1 N–H and O–H groups in total. The largest absolute Gasteiger partial charge is 0.494 e. The lowest BCUT2D eigenvalue weighted by atomic mass is 10.1.